The Labute approximate surface area is 107 Å². The van der Waals surface area contributed by atoms with Gasteiger partial charge in [0.15, 0.2) is 11.5 Å². The monoisotopic (exact) mass is 278 g/mol. The van der Waals surface area contributed by atoms with Crippen molar-refractivity contribution in [1.29, 1.82) is 0 Å². The number of para-hydroxylation sites is 1. The Kier molecular flexibility index (Phi) is 5.02. The number of rotatable bonds is 6. The third kappa shape index (κ3) is 4.69. The average Bonchev–Trinajstić information content (AvgIpc) is 2.29. The lowest BCUT2D eigenvalue weighted by molar-refractivity contribution is -0.139. The van der Waals surface area contributed by atoms with Crippen LogP contribution >= 0.6 is 0 Å². The maximum absolute atomic E-state index is 12.0. The molecule has 1 aromatic carbocycles. The molecule has 1 rings (SSSR count). The van der Waals surface area contributed by atoms with Gasteiger partial charge in [0.05, 0.1) is 19.6 Å². The van der Waals surface area contributed by atoms with Crippen molar-refractivity contribution in [2.75, 3.05) is 13.2 Å². The molecule has 0 heterocycles. The molecule has 0 amide bonds. The van der Waals surface area contributed by atoms with Gasteiger partial charge in [0.25, 0.3) is 0 Å². The Morgan fingerprint density at radius 3 is 2.53 bits per heavy atom. The molecule has 0 saturated heterocycles. The highest BCUT2D eigenvalue weighted by molar-refractivity contribution is 5.92. The standard InChI is InChI=1S/C12H13F3O4/c1-2-18-9-5-3-4-8(11(16)17)10(9)19-7-6-12(13,14)15/h3-5H,2,6-7H2,1H3,(H,16,17). The molecule has 0 aliphatic heterocycles. The van der Waals surface area contributed by atoms with Crippen molar-refractivity contribution in [1.82, 2.24) is 0 Å². The van der Waals surface area contributed by atoms with Crippen molar-refractivity contribution in [3.05, 3.63) is 23.8 Å². The largest absolute Gasteiger partial charge is 0.490 e. The summed E-state index contributed by atoms with van der Waals surface area (Å²) >= 11 is 0. The lowest BCUT2D eigenvalue weighted by Gasteiger charge is -2.14. The number of carbonyl (C=O) groups is 1. The van der Waals surface area contributed by atoms with Crippen molar-refractivity contribution in [2.24, 2.45) is 0 Å². The number of hydrogen-bond acceptors (Lipinski definition) is 3. The Morgan fingerprint density at radius 1 is 1.32 bits per heavy atom. The zero-order valence-electron chi connectivity index (χ0n) is 10.2. The molecule has 0 saturated carbocycles. The molecule has 0 unspecified atom stereocenters. The molecule has 0 aliphatic carbocycles. The van der Waals surface area contributed by atoms with Crippen molar-refractivity contribution in [2.45, 2.75) is 19.5 Å². The molecule has 4 nitrogen and oxygen atoms in total. The van der Waals surface area contributed by atoms with E-state index in [9.17, 15) is 18.0 Å². The summed E-state index contributed by atoms with van der Waals surface area (Å²) in [6.07, 6.45) is -5.52. The summed E-state index contributed by atoms with van der Waals surface area (Å²) in [5.74, 6) is -1.35. The maximum atomic E-state index is 12.0. The second kappa shape index (κ2) is 6.31. The molecule has 106 valence electrons. The highest BCUT2D eigenvalue weighted by Gasteiger charge is 2.27. The molecule has 0 radical (unpaired) electrons. The molecule has 0 bridgehead atoms. The van der Waals surface area contributed by atoms with Crippen LogP contribution in [-0.2, 0) is 0 Å². The molecule has 19 heavy (non-hydrogen) atoms. The van der Waals surface area contributed by atoms with E-state index < -0.39 is 25.2 Å². The summed E-state index contributed by atoms with van der Waals surface area (Å²) in [7, 11) is 0. The van der Waals surface area contributed by atoms with Gasteiger partial charge in [0.2, 0.25) is 0 Å². The number of ether oxygens (including phenoxy) is 2. The van der Waals surface area contributed by atoms with Gasteiger partial charge < -0.3 is 14.6 Å². The van der Waals surface area contributed by atoms with Gasteiger partial charge in [-0.2, -0.15) is 13.2 Å². The Bertz CT molecular complexity index is 443. The van der Waals surface area contributed by atoms with Gasteiger partial charge >= 0.3 is 12.1 Å². The van der Waals surface area contributed by atoms with Crippen LogP contribution in [0.25, 0.3) is 0 Å². The average molecular weight is 278 g/mol. The van der Waals surface area contributed by atoms with Crippen molar-refractivity contribution in [3.63, 3.8) is 0 Å². The lowest BCUT2D eigenvalue weighted by atomic mass is 10.2. The van der Waals surface area contributed by atoms with Gasteiger partial charge in [-0.15, -0.1) is 0 Å². The van der Waals surface area contributed by atoms with E-state index in [4.69, 9.17) is 14.6 Å². The van der Waals surface area contributed by atoms with E-state index in [2.05, 4.69) is 0 Å². The van der Waals surface area contributed by atoms with Crippen molar-refractivity contribution >= 4 is 5.97 Å². The van der Waals surface area contributed by atoms with E-state index in [1.54, 1.807) is 6.92 Å². The van der Waals surface area contributed by atoms with Gasteiger partial charge in [-0.25, -0.2) is 4.79 Å². The molecule has 0 fully saturated rings. The Balaban J connectivity index is 2.91. The maximum Gasteiger partial charge on any atom is 0.392 e. The molecular weight excluding hydrogens is 265 g/mol. The number of aromatic carboxylic acids is 1. The third-order valence-electron chi connectivity index (χ3n) is 2.14. The molecule has 1 N–H and O–H groups in total. The minimum Gasteiger partial charge on any atom is -0.490 e. The minimum absolute atomic E-state index is 0.115. The second-order valence-electron chi connectivity index (χ2n) is 3.58. The number of benzene rings is 1. The van der Waals surface area contributed by atoms with Crippen LogP contribution < -0.4 is 9.47 Å². The molecular formula is C12H13F3O4. The predicted octanol–water partition coefficient (Wildman–Crippen LogP) is 3.11. The lowest BCUT2D eigenvalue weighted by Crippen LogP contribution is -2.14. The van der Waals surface area contributed by atoms with Crippen LogP contribution in [0, 0.1) is 0 Å². The number of alkyl halides is 3. The van der Waals surface area contributed by atoms with E-state index in [0.717, 1.165) is 0 Å². The molecule has 0 spiro atoms. The van der Waals surface area contributed by atoms with E-state index in [1.165, 1.54) is 18.2 Å². The molecule has 0 aliphatic rings. The van der Waals surface area contributed by atoms with Crippen LogP contribution in [0.3, 0.4) is 0 Å². The molecule has 0 atom stereocenters. The number of carboxylic acid groups (broad SMARTS) is 1. The summed E-state index contributed by atoms with van der Waals surface area (Å²) in [6.45, 7) is 1.26. The third-order valence-corrected chi connectivity index (χ3v) is 2.14. The number of hydrogen-bond donors (Lipinski definition) is 1. The van der Waals surface area contributed by atoms with Gasteiger partial charge in [-0.05, 0) is 19.1 Å². The zero-order chi connectivity index (χ0) is 14.5. The number of halogens is 3. The fraction of sp³-hybridized carbons (Fsp3) is 0.417. The van der Waals surface area contributed by atoms with Crippen LogP contribution in [-0.4, -0.2) is 30.5 Å². The summed E-state index contributed by atoms with van der Waals surface area (Å²) in [6, 6.07) is 4.12. The van der Waals surface area contributed by atoms with Crippen LogP contribution in [0.4, 0.5) is 13.2 Å². The SMILES string of the molecule is CCOc1cccc(C(=O)O)c1OCCC(F)(F)F. The van der Waals surface area contributed by atoms with Crippen molar-refractivity contribution < 1.29 is 32.5 Å². The first kappa shape index (κ1) is 15.1. The van der Waals surface area contributed by atoms with Gasteiger partial charge in [-0.1, -0.05) is 6.07 Å². The predicted molar refractivity (Wildman–Crippen MR) is 60.7 cm³/mol. The summed E-state index contributed by atoms with van der Waals surface area (Å²) < 4.78 is 46.2. The highest BCUT2D eigenvalue weighted by atomic mass is 19.4. The summed E-state index contributed by atoms with van der Waals surface area (Å²) in [5.41, 5.74) is -0.229. The quantitative estimate of drug-likeness (QED) is 0.868. The first-order valence-electron chi connectivity index (χ1n) is 5.53. The van der Waals surface area contributed by atoms with Gasteiger partial charge in [-0.3, -0.25) is 0 Å². The smallest absolute Gasteiger partial charge is 0.392 e. The van der Waals surface area contributed by atoms with E-state index >= 15 is 0 Å². The van der Waals surface area contributed by atoms with Crippen LogP contribution in [0.1, 0.15) is 23.7 Å². The first-order valence-corrected chi connectivity index (χ1v) is 5.53. The van der Waals surface area contributed by atoms with E-state index in [0.29, 0.717) is 0 Å². The zero-order valence-corrected chi connectivity index (χ0v) is 10.2. The molecule has 7 heteroatoms. The summed E-state index contributed by atoms with van der Waals surface area (Å²) in [5, 5.41) is 8.96. The Hall–Kier alpha value is -1.92. The summed E-state index contributed by atoms with van der Waals surface area (Å²) in [4.78, 5) is 11.0. The molecule has 0 aromatic heterocycles. The number of carboxylic acids is 1. The fourth-order valence-electron chi connectivity index (χ4n) is 1.37. The minimum atomic E-state index is -4.36. The van der Waals surface area contributed by atoms with E-state index in [-0.39, 0.29) is 23.7 Å². The first-order chi connectivity index (χ1) is 8.85. The van der Waals surface area contributed by atoms with Gasteiger partial charge in [0.1, 0.15) is 5.56 Å². The second-order valence-corrected chi connectivity index (χ2v) is 3.58. The van der Waals surface area contributed by atoms with Crippen LogP contribution in [0.2, 0.25) is 0 Å². The normalized spacial score (nSPS) is 11.2. The van der Waals surface area contributed by atoms with Gasteiger partial charge in [0, 0.05) is 0 Å². The highest BCUT2D eigenvalue weighted by Crippen LogP contribution is 2.32. The molecule has 1 aromatic rings. The fourth-order valence-corrected chi connectivity index (χ4v) is 1.37. The Morgan fingerprint density at radius 2 is 2.00 bits per heavy atom. The van der Waals surface area contributed by atoms with Crippen LogP contribution in [0.5, 0.6) is 11.5 Å². The topological polar surface area (TPSA) is 55.8 Å². The van der Waals surface area contributed by atoms with Crippen molar-refractivity contribution in [3.8, 4) is 11.5 Å². The van der Waals surface area contributed by atoms with Crippen LogP contribution in [0.15, 0.2) is 18.2 Å². The van der Waals surface area contributed by atoms with E-state index in [1.807, 2.05) is 0 Å².